The van der Waals surface area contributed by atoms with Gasteiger partial charge in [-0.25, -0.2) is 0 Å². The molecule has 0 unspecified atom stereocenters. The topological polar surface area (TPSA) is 18.5 Å². The third kappa shape index (κ3) is 2.16. The minimum atomic E-state index is -0.385. The van der Waals surface area contributed by atoms with Crippen LogP contribution in [0.25, 0.3) is 0 Å². The lowest BCUT2D eigenvalue weighted by molar-refractivity contribution is -0.172. The van der Waals surface area contributed by atoms with E-state index in [2.05, 4.69) is 34.6 Å². The van der Waals surface area contributed by atoms with Crippen molar-refractivity contribution in [3.63, 3.8) is 0 Å². The van der Waals surface area contributed by atoms with Gasteiger partial charge in [0, 0.05) is 0 Å². The van der Waals surface area contributed by atoms with Crippen LogP contribution in [0.2, 0.25) is 0 Å². The second kappa shape index (κ2) is 4.85. The van der Waals surface area contributed by atoms with Gasteiger partial charge in [-0.15, -0.1) is 0 Å². The van der Waals surface area contributed by atoms with E-state index in [4.69, 9.17) is 9.47 Å². The van der Waals surface area contributed by atoms with E-state index in [1.807, 2.05) is 0 Å². The molecule has 2 nitrogen and oxygen atoms in total. The number of hydrogen-bond donors (Lipinski definition) is 0. The predicted molar refractivity (Wildman–Crippen MR) is 100 cm³/mol. The molecular weight excluding hydrogens is 308 g/mol. The Labute approximate surface area is 154 Å². The Balaban J connectivity index is 1.38. The normalized spacial score (nSPS) is 59.6. The van der Waals surface area contributed by atoms with Crippen molar-refractivity contribution in [3.05, 3.63) is 0 Å². The summed E-state index contributed by atoms with van der Waals surface area (Å²) >= 11 is 0. The lowest BCUT2D eigenvalue weighted by Crippen LogP contribution is -2.54. The van der Waals surface area contributed by atoms with Gasteiger partial charge in [0.05, 0.1) is 12.7 Å². The van der Waals surface area contributed by atoms with E-state index >= 15 is 0 Å². The molecule has 0 aromatic rings. The zero-order valence-corrected chi connectivity index (χ0v) is 17.1. The van der Waals surface area contributed by atoms with Crippen LogP contribution in [0, 0.1) is 33.5 Å². The minimum Gasteiger partial charge on any atom is -0.348 e. The highest BCUT2D eigenvalue weighted by atomic mass is 16.7. The third-order valence-corrected chi connectivity index (χ3v) is 10.1. The molecule has 25 heavy (non-hydrogen) atoms. The Morgan fingerprint density at radius 3 is 2.40 bits per heavy atom. The molecule has 142 valence electrons. The van der Waals surface area contributed by atoms with Crippen molar-refractivity contribution in [2.45, 2.75) is 104 Å². The van der Waals surface area contributed by atoms with Gasteiger partial charge < -0.3 is 9.47 Å². The molecule has 2 heteroatoms. The maximum Gasteiger partial charge on any atom is 0.163 e. The maximum atomic E-state index is 6.33. The number of rotatable bonds is 1. The van der Waals surface area contributed by atoms with Crippen LogP contribution in [0.5, 0.6) is 0 Å². The number of ether oxygens (including phenoxy) is 2. The first-order valence-corrected chi connectivity index (χ1v) is 10.9. The van der Waals surface area contributed by atoms with E-state index in [0.29, 0.717) is 22.3 Å². The zero-order valence-electron chi connectivity index (χ0n) is 17.1. The van der Waals surface area contributed by atoms with Crippen molar-refractivity contribution in [2.75, 3.05) is 6.61 Å². The summed E-state index contributed by atoms with van der Waals surface area (Å²) in [5.74, 6) is 1.51. The van der Waals surface area contributed by atoms with Gasteiger partial charge in [0.25, 0.3) is 0 Å². The van der Waals surface area contributed by atoms with Gasteiger partial charge in [-0.05, 0) is 98.7 Å². The Morgan fingerprint density at radius 2 is 1.68 bits per heavy atom. The molecule has 0 aromatic carbocycles. The molecule has 1 aliphatic heterocycles. The van der Waals surface area contributed by atoms with Crippen LogP contribution in [-0.4, -0.2) is 18.5 Å². The van der Waals surface area contributed by atoms with Crippen molar-refractivity contribution in [1.82, 2.24) is 0 Å². The second-order valence-electron chi connectivity index (χ2n) is 11.8. The molecule has 1 saturated heterocycles. The van der Waals surface area contributed by atoms with Gasteiger partial charge in [0.2, 0.25) is 0 Å². The van der Waals surface area contributed by atoms with Crippen LogP contribution in [0.3, 0.4) is 0 Å². The molecule has 0 N–H and O–H groups in total. The summed E-state index contributed by atoms with van der Waals surface area (Å²) < 4.78 is 12.3. The van der Waals surface area contributed by atoms with Crippen LogP contribution >= 0.6 is 0 Å². The second-order valence-corrected chi connectivity index (χ2v) is 11.8. The molecule has 4 saturated carbocycles. The van der Waals surface area contributed by atoms with Crippen molar-refractivity contribution in [3.8, 4) is 0 Å². The average Bonchev–Trinajstić information content (AvgIpc) is 3.00. The van der Waals surface area contributed by atoms with Gasteiger partial charge >= 0.3 is 0 Å². The molecule has 5 aliphatic rings. The number of fused-ring (bicyclic) bond motifs is 2. The fraction of sp³-hybridized carbons (Fsp3) is 1.00. The summed E-state index contributed by atoms with van der Waals surface area (Å²) in [6.07, 6.45) is 13.4. The van der Waals surface area contributed by atoms with Crippen LogP contribution in [0.4, 0.5) is 0 Å². The Kier molecular flexibility index (Phi) is 3.30. The summed E-state index contributed by atoms with van der Waals surface area (Å²) in [5, 5.41) is 0. The standard InChI is InChI=1S/C23H38O2/c1-19(2)24-14-18(25-19)20(3)11-12-22(5)16(13-20)8-10-23-15-21(23,4)9-6-7-17(22)23/h16-18H,6-15H2,1-5H3/t16-,17+,18-,20-,21-,22-,23-/m0/s1. The van der Waals surface area contributed by atoms with Crippen molar-refractivity contribution < 1.29 is 9.47 Å². The lowest BCUT2D eigenvalue weighted by Gasteiger charge is -2.60. The summed E-state index contributed by atoms with van der Waals surface area (Å²) in [5.41, 5.74) is 2.34. The maximum absolute atomic E-state index is 6.33. The van der Waals surface area contributed by atoms with E-state index in [1.165, 1.54) is 57.8 Å². The molecule has 0 radical (unpaired) electrons. The van der Waals surface area contributed by atoms with Crippen LogP contribution < -0.4 is 0 Å². The Bertz CT molecular complexity index is 585. The molecule has 0 amide bonds. The van der Waals surface area contributed by atoms with Gasteiger partial charge in [0.1, 0.15) is 0 Å². The predicted octanol–water partition coefficient (Wildman–Crippen LogP) is 5.94. The minimum absolute atomic E-state index is 0.292. The summed E-state index contributed by atoms with van der Waals surface area (Å²) in [6.45, 7) is 12.7. The van der Waals surface area contributed by atoms with Crippen molar-refractivity contribution in [1.29, 1.82) is 0 Å². The highest BCUT2D eigenvalue weighted by molar-refractivity contribution is 5.22. The van der Waals surface area contributed by atoms with E-state index in [-0.39, 0.29) is 5.79 Å². The Hall–Kier alpha value is -0.0800. The van der Waals surface area contributed by atoms with Gasteiger partial charge in [-0.3, -0.25) is 0 Å². The summed E-state index contributed by atoms with van der Waals surface area (Å²) in [6, 6.07) is 0. The van der Waals surface area contributed by atoms with E-state index < -0.39 is 0 Å². The zero-order chi connectivity index (χ0) is 17.7. The molecule has 5 rings (SSSR count). The SMILES string of the molecule is CC1(C)OC[C@@H]([C@@]2(C)CC[C@@]3(C)[C@@H](CC[C@@]45C[C@]4(C)CCC[C@H]35)C2)O1. The monoisotopic (exact) mass is 346 g/mol. The highest BCUT2D eigenvalue weighted by Gasteiger charge is 2.73. The van der Waals surface area contributed by atoms with Gasteiger partial charge in [-0.2, -0.15) is 0 Å². The smallest absolute Gasteiger partial charge is 0.163 e. The molecule has 1 spiro atoms. The summed E-state index contributed by atoms with van der Waals surface area (Å²) in [7, 11) is 0. The first kappa shape index (κ1) is 17.0. The van der Waals surface area contributed by atoms with Gasteiger partial charge in [-0.1, -0.05) is 27.2 Å². The first-order chi connectivity index (χ1) is 11.6. The van der Waals surface area contributed by atoms with Crippen molar-refractivity contribution in [2.24, 2.45) is 33.5 Å². The van der Waals surface area contributed by atoms with Gasteiger partial charge in [0.15, 0.2) is 5.79 Å². The quantitative estimate of drug-likeness (QED) is 0.585. The van der Waals surface area contributed by atoms with E-state index in [0.717, 1.165) is 23.9 Å². The number of hydrogen-bond acceptors (Lipinski definition) is 2. The first-order valence-electron chi connectivity index (χ1n) is 10.9. The fourth-order valence-electron chi connectivity index (χ4n) is 8.33. The Morgan fingerprint density at radius 1 is 0.880 bits per heavy atom. The van der Waals surface area contributed by atoms with Crippen molar-refractivity contribution >= 4 is 0 Å². The molecule has 0 aromatic heterocycles. The lowest BCUT2D eigenvalue weighted by atomic mass is 9.45. The van der Waals surface area contributed by atoms with Crippen LogP contribution in [0.15, 0.2) is 0 Å². The fourth-order valence-corrected chi connectivity index (χ4v) is 8.33. The molecule has 5 fully saturated rings. The molecule has 7 atom stereocenters. The third-order valence-electron chi connectivity index (χ3n) is 10.1. The van der Waals surface area contributed by atoms with E-state index in [1.54, 1.807) is 0 Å². The van der Waals surface area contributed by atoms with E-state index in [9.17, 15) is 0 Å². The molecule has 1 heterocycles. The van der Waals surface area contributed by atoms with Crippen LogP contribution in [0.1, 0.15) is 92.4 Å². The average molecular weight is 347 g/mol. The largest absolute Gasteiger partial charge is 0.348 e. The molecule has 0 bridgehead atoms. The molecular formula is C23H38O2. The van der Waals surface area contributed by atoms with Crippen LogP contribution in [-0.2, 0) is 9.47 Å². The highest BCUT2D eigenvalue weighted by Crippen LogP contribution is 2.82. The summed E-state index contributed by atoms with van der Waals surface area (Å²) in [4.78, 5) is 0. The molecule has 4 aliphatic carbocycles.